The van der Waals surface area contributed by atoms with Gasteiger partial charge in [-0.1, -0.05) is 30.3 Å². The number of hydrogen-bond acceptors (Lipinski definition) is 8. The Morgan fingerprint density at radius 3 is 1.92 bits per heavy atom. The number of carbonyl (C=O) groups excluding carboxylic acids is 4. The van der Waals surface area contributed by atoms with E-state index in [9.17, 15) is 29.1 Å². The topological polar surface area (TPSA) is 194 Å². The van der Waals surface area contributed by atoms with Crippen LogP contribution in [0.1, 0.15) is 31.2 Å². The summed E-state index contributed by atoms with van der Waals surface area (Å²) in [7, 11) is 0. The lowest BCUT2D eigenvalue weighted by atomic mass is 10.0. The van der Waals surface area contributed by atoms with Gasteiger partial charge in [0.1, 0.15) is 18.1 Å². The Morgan fingerprint density at radius 1 is 0.811 bits per heavy atom. The predicted molar refractivity (Wildman–Crippen MR) is 146 cm³/mol. The van der Waals surface area contributed by atoms with Gasteiger partial charge in [0.05, 0.1) is 6.04 Å². The minimum atomic E-state index is -1.18. The zero-order chi connectivity index (χ0) is 27.8. The molecule has 1 aromatic rings. The molecule has 0 heterocycles. The molecular formula is C24H37N5O6S2. The van der Waals surface area contributed by atoms with E-state index in [0.29, 0.717) is 17.9 Å². The number of primary amides is 1. The summed E-state index contributed by atoms with van der Waals surface area (Å²) in [4.78, 5) is 61.9. The van der Waals surface area contributed by atoms with Gasteiger partial charge in [-0.05, 0) is 48.8 Å². The smallest absolute Gasteiger partial charge is 0.326 e. The van der Waals surface area contributed by atoms with Crippen molar-refractivity contribution >= 4 is 53.1 Å². The Hall–Kier alpha value is -2.77. The van der Waals surface area contributed by atoms with Gasteiger partial charge in [0.25, 0.3) is 0 Å². The van der Waals surface area contributed by atoms with E-state index < -0.39 is 53.8 Å². The van der Waals surface area contributed by atoms with Gasteiger partial charge in [-0.3, -0.25) is 19.2 Å². The molecule has 4 amide bonds. The highest BCUT2D eigenvalue weighted by Crippen LogP contribution is 2.08. The van der Waals surface area contributed by atoms with Gasteiger partial charge in [0, 0.05) is 12.8 Å². The van der Waals surface area contributed by atoms with Crippen LogP contribution in [0.25, 0.3) is 0 Å². The molecule has 0 radical (unpaired) electrons. The molecule has 1 rings (SSSR count). The SMILES string of the molecule is CSCCC(N)C(=O)NC(CCC(N)=O)C(=O)NC(Cc1ccccc1)C(=O)NC(CCSC)C(=O)O. The summed E-state index contributed by atoms with van der Waals surface area (Å²) in [5.41, 5.74) is 11.9. The Bertz CT molecular complexity index is 905. The number of carboxylic acids is 1. The fraction of sp³-hybridized carbons (Fsp3) is 0.542. The lowest BCUT2D eigenvalue weighted by Gasteiger charge is -2.25. The van der Waals surface area contributed by atoms with Crippen LogP contribution in [0.3, 0.4) is 0 Å². The Labute approximate surface area is 225 Å². The van der Waals surface area contributed by atoms with E-state index >= 15 is 0 Å². The summed E-state index contributed by atoms with van der Waals surface area (Å²) in [5, 5.41) is 17.2. The second-order valence-corrected chi connectivity index (χ2v) is 10.4. The van der Waals surface area contributed by atoms with Crippen LogP contribution in [-0.4, -0.2) is 82.9 Å². The van der Waals surface area contributed by atoms with E-state index in [1.54, 1.807) is 30.3 Å². The van der Waals surface area contributed by atoms with Crippen molar-refractivity contribution in [3.8, 4) is 0 Å². The number of amides is 4. The molecule has 0 aliphatic carbocycles. The molecule has 0 bridgehead atoms. The average Bonchev–Trinajstić information content (AvgIpc) is 2.86. The summed E-state index contributed by atoms with van der Waals surface area (Å²) in [6.07, 6.45) is 4.12. The summed E-state index contributed by atoms with van der Waals surface area (Å²) >= 11 is 2.97. The first-order valence-electron chi connectivity index (χ1n) is 11.8. The summed E-state index contributed by atoms with van der Waals surface area (Å²) in [6, 6.07) is 4.60. The maximum atomic E-state index is 13.2. The van der Waals surface area contributed by atoms with Gasteiger partial charge in [-0.2, -0.15) is 23.5 Å². The van der Waals surface area contributed by atoms with Gasteiger partial charge in [-0.15, -0.1) is 0 Å². The van der Waals surface area contributed by atoms with Crippen molar-refractivity contribution in [2.45, 2.75) is 56.3 Å². The van der Waals surface area contributed by atoms with Crippen molar-refractivity contribution in [2.24, 2.45) is 11.5 Å². The first-order valence-corrected chi connectivity index (χ1v) is 14.6. The second kappa shape index (κ2) is 17.6. The van der Waals surface area contributed by atoms with Gasteiger partial charge >= 0.3 is 5.97 Å². The maximum absolute atomic E-state index is 13.2. The number of carboxylic acid groups (broad SMARTS) is 1. The third kappa shape index (κ3) is 12.8. The summed E-state index contributed by atoms with van der Waals surface area (Å²) in [5.74, 6) is -2.63. The molecule has 0 saturated heterocycles. The number of rotatable bonds is 18. The van der Waals surface area contributed by atoms with E-state index in [4.69, 9.17) is 11.5 Å². The molecule has 0 spiro atoms. The van der Waals surface area contributed by atoms with Crippen LogP contribution in [-0.2, 0) is 30.4 Å². The van der Waals surface area contributed by atoms with E-state index in [1.165, 1.54) is 23.5 Å². The number of hydrogen-bond donors (Lipinski definition) is 6. The normalized spacial score (nSPS) is 14.0. The van der Waals surface area contributed by atoms with Crippen LogP contribution in [0.15, 0.2) is 30.3 Å². The van der Waals surface area contributed by atoms with Crippen LogP contribution in [0.5, 0.6) is 0 Å². The quantitative estimate of drug-likeness (QED) is 0.143. The molecule has 4 unspecified atom stereocenters. The lowest BCUT2D eigenvalue weighted by Crippen LogP contribution is -2.57. The molecule has 0 aliphatic heterocycles. The Balaban J connectivity index is 3.10. The standard InChI is InChI=1S/C24H37N5O6S2/c1-36-12-10-16(25)21(31)27-17(8-9-20(26)30)22(32)29-19(14-15-6-4-3-5-7-15)23(33)28-18(24(34)35)11-13-37-2/h3-7,16-19H,8-14,25H2,1-2H3,(H2,26,30)(H,27,31)(H,28,33)(H,29,32)(H,34,35). The number of thioether (sulfide) groups is 2. The fourth-order valence-corrected chi connectivity index (χ4v) is 4.27. The first-order chi connectivity index (χ1) is 17.6. The zero-order valence-corrected chi connectivity index (χ0v) is 22.7. The number of aliphatic carboxylic acids is 1. The van der Waals surface area contributed by atoms with Crippen LogP contribution < -0.4 is 27.4 Å². The van der Waals surface area contributed by atoms with Crippen LogP contribution >= 0.6 is 23.5 Å². The third-order valence-corrected chi connectivity index (χ3v) is 6.71. The van der Waals surface area contributed by atoms with Crippen molar-refractivity contribution in [1.82, 2.24) is 16.0 Å². The number of nitrogens with two attached hydrogens (primary N) is 2. The van der Waals surface area contributed by atoms with Crippen molar-refractivity contribution in [3.05, 3.63) is 35.9 Å². The molecule has 11 nitrogen and oxygen atoms in total. The summed E-state index contributed by atoms with van der Waals surface area (Å²) in [6.45, 7) is 0. The van der Waals surface area contributed by atoms with E-state index in [2.05, 4.69) is 16.0 Å². The monoisotopic (exact) mass is 555 g/mol. The van der Waals surface area contributed by atoms with Crippen molar-refractivity contribution in [2.75, 3.05) is 24.0 Å². The molecular weight excluding hydrogens is 518 g/mol. The van der Waals surface area contributed by atoms with Gasteiger partial charge in [-0.25, -0.2) is 4.79 Å². The maximum Gasteiger partial charge on any atom is 0.326 e. The minimum absolute atomic E-state index is 0.0804. The number of benzene rings is 1. The van der Waals surface area contributed by atoms with Crippen molar-refractivity contribution < 1.29 is 29.1 Å². The van der Waals surface area contributed by atoms with Gasteiger partial charge < -0.3 is 32.5 Å². The molecule has 0 saturated carbocycles. The Kier molecular flexibility index (Phi) is 15.4. The highest BCUT2D eigenvalue weighted by Gasteiger charge is 2.30. The molecule has 1 aromatic carbocycles. The minimum Gasteiger partial charge on any atom is -0.480 e. The number of carbonyl (C=O) groups is 5. The molecule has 206 valence electrons. The summed E-state index contributed by atoms with van der Waals surface area (Å²) < 4.78 is 0. The largest absolute Gasteiger partial charge is 0.480 e. The zero-order valence-electron chi connectivity index (χ0n) is 21.1. The fourth-order valence-electron chi connectivity index (χ4n) is 3.31. The molecule has 0 aromatic heterocycles. The molecule has 0 aliphatic rings. The third-order valence-electron chi connectivity index (χ3n) is 5.42. The first kappa shape index (κ1) is 32.3. The molecule has 37 heavy (non-hydrogen) atoms. The predicted octanol–water partition coefficient (Wildman–Crippen LogP) is -0.133. The van der Waals surface area contributed by atoms with E-state index in [1.807, 2.05) is 12.5 Å². The van der Waals surface area contributed by atoms with Crippen LogP contribution in [0.2, 0.25) is 0 Å². The van der Waals surface area contributed by atoms with Crippen LogP contribution in [0, 0.1) is 0 Å². The average molecular weight is 556 g/mol. The van der Waals surface area contributed by atoms with E-state index in [-0.39, 0.29) is 25.7 Å². The van der Waals surface area contributed by atoms with Gasteiger partial charge in [0.2, 0.25) is 23.6 Å². The van der Waals surface area contributed by atoms with Crippen molar-refractivity contribution in [1.29, 1.82) is 0 Å². The highest BCUT2D eigenvalue weighted by atomic mass is 32.2. The molecule has 8 N–H and O–H groups in total. The molecule has 13 heteroatoms. The van der Waals surface area contributed by atoms with Gasteiger partial charge in [0.15, 0.2) is 0 Å². The molecule has 4 atom stereocenters. The van der Waals surface area contributed by atoms with E-state index in [0.717, 1.165) is 5.56 Å². The number of nitrogens with one attached hydrogen (secondary N) is 3. The Morgan fingerprint density at radius 2 is 1.35 bits per heavy atom. The lowest BCUT2D eigenvalue weighted by molar-refractivity contribution is -0.142. The molecule has 0 fully saturated rings. The highest BCUT2D eigenvalue weighted by molar-refractivity contribution is 7.98. The second-order valence-electron chi connectivity index (χ2n) is 8.39. The van der Waals surface area contributed by atoms with Crippen molar-refractivity contribution in [3.63, 3.8) is 0 Å². The van der Waals surface area contributed by atoms with Crippen LogP contribution in [0.4, 0.5) is 0 Å².